The number of imidazole rings is 2. The molecule has 0 aliphatic carbocycles. The molecule has 0 saturated carbocycles. The fraction of sp³-hybridized carbons (Fsp3) is 0. The zero-order valence-corrected chi connectivity index (χ0v) is 55.0. The van der Waals surface area contributed by atoms with Crippen LogP contribution in [0, 0.1) is 0 Å². The van der Waals surface area contributed by atoms with E-state index in [1.807, 2.05) is 243 Å². The summed E-state index contributed by atoms with van der Waals surface area (Å²) in [7, 11) is 0. The lowest BCUT2D eigenvalue weighted by atomic mass is 9.99. The Balaban J connectivity index is 0.000000111. The molecule has 0 spiro atoms. The Morgan fingerprint density at radius 1 is 0.223 bits per heavy atom. The van der Waals surface area contributed by atoms with Crippen molar-refractivity contribution in [3.8, 4) is 79.0 Å². The van der Waals surface area contributed by atoms with Crippen molar-refractivity contribution in [2.24, 2.45) is 0 Å². The number of hydrogen-bond acceptors (Lipinski definition) is 10. The average Bonchev–Trinajstić information content (AvgIpc) is 1.64. The quantitative estimate of drug-likeness (QED) is 0.106. The maximum Gasteiger partial charge on any atom is 0.344 e. The van der Waals surface area contributed by atoms with E-state index in [2.05, 4.69) is 106 Å². The van der Waals surface area contributed by atoms with Crippen molar-refractivity contribution in [2.45, 2.75) is 0 Å². The molecule has 12 nitrogen and oxygen atoms in total. The van der Waals surface area contributed by atoms with Crippen LogP contribution in [0.3, 0.4) is 0 Å². The van der Waals surface area contributed by atoms with Crippen LogP contribution in [0.15, 0.2) is 367 Å². The molecule has 0 fully saturated rings. The van der Waals surface area contributed by atoms with E-state index in [1.54, 1.807) is 0 Å². The highest BCUT2D eigenvalue weighted by Crippen LogP contribution is 2.37. The second-order valence-electron chi connectivity index (χ2n) is 25.1. The van der Waals surface area contributed by atoms with Gasteiger partial charge in [0.05, 0.1) is 49.4 Å². The van der Waals surface area contributed by atoms with Crippen LogP contribution >= 0.6 is 0 Å². The predicted octanol–water partition coefficient (Wildman–Crippen LogP) is 21.5. The minimum absolute atomic E-state index is 0.320. The van der Waals surface area contributed by atoms with Gasteiger partial charge in [-0.15, -0.1) is 0 Å². The summed E-state index contributed by atoms with van der Waals surface area (Å²) in [6, 6.07) is 112. The van der Waals surface area contributed by atoms with E-state index >= 15 is 0 Å². The lowest BCUT2D eigenvalue weighted by molar-refractivity contribution is 0.569. The van der Waals surface area contributed by atoms with Gasteiger partial charge in [0.1, 0.15) is 28.4 Å². The van der Waals surface area contributed by atoms with E-state index in [-0.39, 0.29) is 16.9 Å². The molecule has 12 heteroatoms. The van der Waals surface area contributed by atoms with Crippen molar-refractivity contribution in [3.05, 3.63) is 371 Å². The van der Waals surface area contributed by atoms with E-state index in [0.717, 1.165) is 139 Å². The highest BCUT2D eigenvalue weighted by Gasteiger charge is 2.19. The second-order valence-corrected chi connectivity index (χ2v) is 25.1. The van der Waals surface area contributed by atoms with Gasteiger partial charge in [0.15, 0.2) is 5.82 Å². The lowest BCUT2D eigenvalue weighted by Gasteiger charge is -2.11. The Hall–Kier alpha value is -14.2. The van der Waals surface area contributed by atoms with Crippen molar-refractivity contribution in [1.29, 1.82) is 0 Å². The molecule has 0 radical (unpaired) electrons. The van der Waals surface area contributed by atoms with Gasteiger partial charge in [-0.3, -0.25) is 9.13 Å². The standard InChI is InChI=1S/2C32H20N2O2.C27H16N2O2/c35-32-27-20-23(16-19-25(27)26-10-4-7-13-30(26)36-32)21-14-17-24(18-15-21)34-29-12-6-5-11-28(29)33-31(34)22-8-2-1-3-9-22;35-32-27-20-23(18-19-25(27)26-10-4-7-13-30(26)36-32)21-14-16-22(17-15-21)31-33-28-11-5-6-12-29(28)34(31)24-8-2-1-3-9-24;30-27-22-16-18(14-15-19(22)20-10-5-7-13-24(20)31-27)26-28-23-12-6-4-11-21(23)25(29-26)17-8-2-1-3-9-17/h2*1-20H;1-16H. The summed E-state index contributed by atoms with van der Waals surface area (Å²) in [4.78, 5) is 57.6. The van der Waals surface area contributed by atoms with E-state index in [9.17, 15) is 14.4 Å². The summed E-state index contributed by atoms with van der Waals surface area (Å²) in [6.07, 6.45) is 0. The zero-order valence-electron chi connectivity index (χ0n) is 55.0. The fourth-order valence-corrected chi connectivity index (χ4v) is 13.9. The molecule has 20 aromatic rings. The summed E-state index contributed by atoms with van der Waals surface area (Å²) in [5.74, 6) is 2.37. The average molecular weight is 1330 g/mol. The topological polar surface area (TPSA) is 152 Å². The molecule has 6 aromatic heterocycles. The third-order valence-corrected chi connectivity index (χ3v) is 18.9. The molecule has 0 saturated heterocycles. The molecule has 103 heavy (non-hydrogen) atoms. The van der Waals surface area contributed by atoms with Gasteiger partial charge in [0.25, 0.3) is 0 Å². The molecular formula is C91H56N6O6. The van der Waals surface area contributed by atoms with Crippen LogP contribution in [0.4, 0.5) is 0 Å². The third kappa shape index (κ3) is 11.3. The van der Waals surface area contributed by atoms with E-state index in [0.29, 0.717) is 38.7 Å². The molecule has 0 amide bonds. The van der Waals surface area contributed by atoms with Crippen LogP contribution in [0.2, 0.25) is 0 Å². The van der Waals surface area contributed by atoms with E-state index in [4.69, 9.17) is 33.2 Å². The van der Waals surface area contributed by atoms with Gasteiger partial charge >= 0.3 is 16.9 Å². The minimum Gasteiger partial charge on any atom is -0.422 e. The van der Waals surface area contributed by atoms with E-state index < -0.39 is 0 Å². The number of aromatic nitrogens is 6. The van der Waals surface area contributed by atoms with Crippen LogP contribution in [-0.2, 0) is 0 Å². The van der Waals surface area contributed by atoms with Crippen LogP contribution in [0.5, 0.6) is 0 Å². The smallest absolute Gasteiger partial charge is 0.344 e. The van der Waals surface area contributed by atoms with Crippen LogP contribution in [-0.4, -0.2) is 29.1 Å². The van der Waals surface area contributed by atoms with Crippen LogP contribution in [0.1, 0.15) is 0 Å². The Kier molecular flexibility index (Phi) is 15.4. The van der Waals surface area contributed by atoms with Crippen LogP contribution in [0.25, 0.3) is 177 Å². The zero-order chi connectivity index (χ0) is 68.9. The normalized spacial score (nSPS) is 11.4. The van der Waals surface area contributed by atoms with Gasteiger partial charge in [0, 0.05) is 55.2 Å². The fourth-order valence-electron chi connectivity index (χ4n) is 13.9. The highest BCUT2D eigenvalue weighted by molar-refractivity contribution is 6.08. The van der Waals surface area contributed by atoms with Gasteiger partial charge in [-0.1, -0.05) is 249 Å². The van der Waals surface area contributed by atoms with Gasteiger partial charge in [-0.05, 0) is 129 Å². The summed E-state index contributed by atoms with van der Waals surface area (Å²) < 4.78 is 21.0. The van der Waals surface area contributed by atoms with E-state index in [1.165, 1.54) is 0 Å². The largest absolute Gasteiger partial charge is 0.422 e. The Morgan fingerprint density at radius 3 is 1.05 bits per heavy atom. The first-order valence-electron chi connectivity index (χ1n) is 33.8. The van der Waals surface area contributed by atoms with Crippen molar-refractivity contribution in [1.82, 2.24) is 29.1 Å². The van der Waals surface area contributed by atoms with Crippen molar-refractivity contribution in [3.63, 3.8) is 0 Å². The predicted molar refractivity (Wildman–Crippen MR) is 415 cm³/mol. The van der Waals surface area contributed by atoms with Crippen molar-refractivity contribution < 1.29 is 13.3 Å². The van der Waals surface area contributed by atoms with Gasteiger partial charge in [0.2, 0.25) is 0 Å². The molecule has 20 rings (SSSR count). The van der Waals surface area contributed by atoms with Gasteiger partial charge in [-0.25, -0.2) is 34.3 Å². The third-order valence-electron chi connectivity index (χ3n) is 18.9. The Labute approximate surface area is 587 Å². The number of rotatable bonds is 8. The summed E-state index contributed by atoms with van der Waals surface area (Å²) in [5, 5.41) is 8.13. The molecular weight excluding hydrogens is 1270 g/mol. The van der Waals surface area contributed by atoms with Crippen molar-refractivity contribution >= 4 is 98.2 Å². The number of benzene rings is 14. The summed E-state index contributed by atoms with van der Waals surface area (Å²) >= 11 is 0. The molecule has 0 aliphatic heterocycles. The molecule has 0 N–H and O–H groups in total. The molecule has 486 valence electrons. The number of para-hydroxylation sites is 9. The molecule has 0 atom stereocenters. The Bertz CT molecular complexity index is 6860. The molecule has 0 bridgehead atoms. The Morgan fingerprint density at radius 2 is 0.563 bits per heavy atom. The highest BCUT2D eigenvalue weighted by atomic mass is 16.4. The van der Waals surface area contributed by atoms with Crippen molar-refractivity contribution in [2.75, 3.05) is 0 Å². The first-order valence-corrected chi connectivity index (χ1v) is 33.8. The van der Waals surface area contributed by atoms with Crippen LogP contribution < -0.4 is 16.9 Å². The number of fused-ring (bicyclic) bond motifs is 12. The molecule has 6 heterocycles. The summed E-state index contributed by atoms with van der Waals surface area (Å²) in [6.45, 7) is 0. The molecule has 0 unspecified atom stereocenters. The summed E-state index contributed by atoms with van der Waals surface area (Å²) in [5.41, 5.74) is 16.5. The number of nitrogens with zero attached hydrogens (tertiary/aromatic N) is 6. The molecule has 14 aromatic carbocycles. The van der Waals surface area contributed by atoms with Gasteiger partial charge in [-0.2, -0.15) is 0 Å². The van der Waals surface area contributed by atoms with Gasteiger partial charge < -0.3 is 13.3 Å². The second kappa shape index (κ2) is 25.9. The monoisotopic (exact) mass is 1330 g/mol. The first-order chi connectivity index (χ1) is 50.8. The SMILES string of the molecule is O=c1oc2ccccc2c2ccc(-c3ccc(-c4nc5ccccc5n4-c4ccccc4)cc3)cc12.O=c1oc2ccccc2c2ccc(-c3ccc(-n4c(-c5ccccc5)nc5ccccc54)cc3)cc12.O=c1oc2ccccc2c2ccc(-c3nc(-c4ccccc4)c4ccccc4n3)cc12. The molecule has 0 aliphatic rings. The maximum atomic E-state index is 12.7. The minimum atomic E-state index is -0.361. The first kappa shape index (κ1) is 61.1. The lowest BCUT2D eigenvalue weighted by Crippen LogP contribution is -2.01. The maximum absolute atomic E-state index is 12.7. The number of hydrogen-bond donors (Lipinski definition) is 0.